The van der Waals surface area contributed by atoms with Crippen LogP contribution in [0.3, 0.4) is 0 Å². The molecular weight excluding hydrogens is 158 g/mol. The van der Waals surface area contributed by atoms with E-state index in [1.807, 2.05) is 0 Å². The number of hydrogen-bond donors (Lipinski definition) is 1. The van der Waals surface area contributed by atoms with Gasteiger partial charge < -0.3 is 10.1 Å². The smallest absolute Gasteiger partial charge is 0.329 e. The summed E-state index contributed by atoms with van der Waals surface area (Å²) in [7, 11) is 2.87. The summed E-state index contributed by atoms with van der Waals surface area (Å²) in [5.41, 5.74) is 0. The third-order valence-corrected chi connectivity index (χ3v) is 0.800. The maximum absolute atomic E-state index is 9.95. The maximum Gasteiger partial charge on any atom is 0.329 e. The first-order chi connectivity index (χ1) is 5.62. The summed E-state index contributed by atoms with van der Waals surface area (Å²) < 4.78 is 4.14. The average molecular weight is 171 g/mol. The molecule has 0 bridgehead atoms. The van der Waals surface area contributed by atoms with Crippen molar-refractivity contribution in [3.63, 3.8) is 0 Å². The number of nitrogens with one attached hydrogen (secondary N) is 1. The second-order valence-corrected chi connectivity index (χ2v) is 1.55. The van der Waals surface area contributed by atoms with Crippen molar-refractivity contribution < 1.29 is 14.3 Å². The zero-order valence-electron chi connectivity index (χ0n) is 7.29. The van der Waals surface area contributed by atoms with Crippen molar-refractivity contribution in [3.8, 4) is 0 Å². The Bertz CT molecular complexity index is 155. The number of carbonyl (C=O) groups excluding carboxylic acids is 2. The van der Waals surface area contributed by atoms with Gasteiger partial charge in [-0.3, -0.25) is 4.79 Å². The largest absolute Gasteiger partial charge is 0.466 e. The van der Waals surface area contributed by atoms with Crippen molar-refractivity contribution in [1.82, 2.24) is 5.32 Å². The Kier molecular flexibility index (Phi) is 10.2. The van der Waals surface area contributed by atoms with Crippen molar-refractivity contribution in [2.45, 2.75) is 0 Å². The molecule has 0 radical (unpaired) electrons. The fourth-order valence-electron chi connectivity index (χ4n) is 0.185. The van der Waals surface area contributed by atoms with Gasteiger partial charge in [0.15, 0.2) is 0 Å². The van der Waals surface area contributed by atoms with Gasteiger partial charge in [-0.05, 0) is 6.08 Å². The molecule has 0 unspecified atom stereocenters. The number of carbonyl (C=O) groups is 2. The van der Waals surface area contributed by atoms with E-state index in [0.717, 1.165) is 6.08 Å². The van der Waals surface area contributed by atoms with Crippen LogP contribution in [0.15, 0.2) is 25.3 Å². The number of esters is 1. The molecule has 0 aliphatic rings. The standard InChI is InChI=1S/C4H7NO.C4H6O2/c1-3-4(6)5-2;1-3-4(5)6-2/h3H,1H2,2H3,(H,5,6);3H,1H2,2H3. The van der Waals surface area contributed by atoms with Gasteiger partial charge in [-0.2, -0.15) is 0 Å². The summed E-state index contributed by atoms with van der Waals surface area (Å²) in [5, 5.41) is 2.36. The molecule has 0 heterocycles. The molecule has 0 aliphatic heterocycles. The molecule has 0 aromatic carbocycles. The molecule has 0 aliphatic carbocycles. The number of likely N-dealkylation sites (N-methyl/N-ethyl adjacent to an activating group) is 1. The number of methoxy groups -OCH3 is 1. The first-order valence-electron chi connectivity index (χ1n) is 3.16. The lowest BCUT2D eigenvalue weighted by Gasteiger charge is -1.83. The van der Waals surface area contributed by atoms with Crippen LogP contribution in [0, 0.1) is 0 Å². The lowest BCUT2D eigenvalue weighted by molar-refractivity contribution is -0.134. The van der Waals surface area contributed by atoms with Gasteiger partial charge in [0.1, 0.15) is 0 Å². The minimum absolute atomic E-state index is 0.144. The van der Waals surface area contributed by atoms with E-state index >= 15 is 0 Å². The molecule has 0 saturated carbocycles. The highest BCUT2D eigenvalue weighted by Crippen LogP contribution is 1.67. The van der Waals surface area contributed by atoms with Crippen LogP contribution in [0.1, 0.15) is 0 Å². The highest BCUT2D eigenvalue weighted by molar-refractivity contribution is 5.86. The molecule has 0 fully saturated rings. The van der Waals surface area contributed by atoms with Gasteiger partial charge in [-0.1, -0.05) is 13.2 Å². The summed E-state index contributed by atoms with van der Waals surface area (Å²) in [5.74, 6) is -0.537. The molecule has 1 amide bonds. The van der Waals surface area contributed by atoms with E-state index in [1.165, 1.54) is 13.2 Å². The van der Waals surface area contributed by atoms with Crippen LogP contribution >= 0.6 is 0 Å². The predicted molar refractivity (Wildman–Crippen MR) is 46.5 cm³/mol. The zero-order valence-corrected chi connectivity index (χ0v) is 7.29. The minimum Gasteiger partial charge on any atom is -0.466 e. The molecule has 0 saturated heterocycles. The SMILES string of the molecule is C=CC(=O)NC.C=CC(=O)OC. The first kappa shape index (κ1) is 13.0. The number of rotatable bonds is 2. The van der Waals surface area contributed by atoms with E-state index in [4.69, 9.17) is 0 Å². The first-order valence-corrected chi connectivity index (χ1v) is 3.16. The van der Waals surface area contributed by atoms with Gasteiger partial charge in [0.05, 0.1) is 7.11 Å². The van der Waals surface area contributed by atoms with Gasteiger partial charge in [0, 0.05) is 13.1 Å². The molecule has 0 rings (SSSR count). The summed E-state index contributed by atoms with van der Waals surface area (Å²) >= 11 is 0. The van der Waals surface area contributed by atoms with E-state index < -0.39 is 5.97 Å². The molecule has 4 heteroatoms. The van der Waals surface area contributed by atoms with E-state index in [9.17, 15) is 9.59 Å². The maximum atomic E-state index is 9.95. The number of amides is 1. The summed E-state index contributed by atoms with van der Waals surface area (Å²) in [6.45, 7) is 6.38. The van der Waals surface area contributed by atoms with Crippen molar-refractivity contribution in [2.24, 2.45) is 0 Å². The summed E-state index contributed by atoms with van der Waals surface area (Å²) in [4.78, 5) is 19.8. The van der Waals surface area contributed by atoms with Crippen molar-refractivity contribution in [2.75, 3.05) is 14.2 Å². The van der Waals surface area contributed by atoms with Gasteiger partial charge in [0.2, 0.25) is 5.91 Å². The van der Waals surface area contributed by atoms with E-state index in [1.54, 1.807) is 7.05 Å². The Morgan fingerprint density at radius 3 is 1.83 bits per heavy atom. The van der Waals surface area contributed by atoms with E-state index in [0.29, 0.717) is 0 Å². The van der Waals surface area contributed by atoms with Gasteiger partial charge in [0.25, 0.3) is 0 Å². The van der Waals surface area contributed by atoms with Crippen LogP contribution in [0.5, 0.6) is 0 Å². The Hall–Kier alpha value is -1.58. The van der Waals surface area contributed by atoms with Crippen molar-refractivity contribution in [1.29, 1.82) is 0 Å². The average Bonchev–Trinajstić information content (AvgIpc) is 2.16. The fraction of sp³-hybridized carbons (Fsp3) is 0.250. The molecule has 12 heavy (non-hydrogen) atoms. The number of hydrogen-bond acceptors (Lipinski definition) is 3. The molecular formula is C8H13NO3. The molecule has 0 aromatic heterocycles. The monoisotopic (exact) mass is 171 g/mol. The number of ether oxygens (including phenoxy) is 1. The van der Waals surface area contributed by atoms with Crippen LogP contribution in [0.2, 0.25) is 0 Å². The van der Waals surface area contributed by atoms with Crippen molar-refractivity contribution >= 4 is 11.9 Å². The van der Waals surface area contributed by atoms with Crippen molar-refractivity contribution in [3.05, 3.63) is 25.3 Å². The molecule has 0 spiro atoms. The Morgan fingerprint density at radius 1 is 1.33 bits per heavy atom. The Balaban J connectivity index is 0. The Labute approximate surface area is 71.9 Å². The fourth-order valence-corrected chi connectivity index (χ4v) is 0.185. The molecule has 68 valence electrons. The summed E-state index contributed by atoms with van der Waals surface area (Å²) in [6, 6.07) is 0. The summed E-state index contributed by atoms with van der Waals surface area (Å²) in [6.07, 6.45) is 2.33. The Morgan fingerprint density at radius 2 is 1.83 bits per heavy atom. The second-order valence-electron chi connectivity index (χ2n) is 1.55. The van der Waals surface area contributed by atoms with Gasteiger partial charge in [-0.15, -0.1) is 0 Å². The molecule has 4 nitrogen and oxygen atoms in total. The van der Waals surface area contributed by atoms with Crippen LogP contribution in [0.4, 0.5) is 0 Å². The van der Waals surface area contributed by atoms with E-state index in [-0.39, 0.29) is 5.91 Å². The lowest BCUT2D eigenvalue weighted by atomic mass is 10.6. The quantitative estimate of drug-likeness (QED) is 0.479. The zero-order chi connectivity index (χ0) is 9.98. The predicted octanol–water partition coefficient (Wildman–Crippen LogP) is 0.264. The highest BCUT2D eigenvalue weighted by atomic mass is 16.5. The van der Waals surface area contributed by atoms with Crippen LogP contribution in [0.25, 0.3) is 0 Å². The van der Waals surface area contributed by atoms with Crippen LogP contribution < -0.4 is 5.32 Å². The normalized spacial score (nSPS) is 6.83. The molecule has 0 aromatic rings. The third-order valence-electron chi connectivity index (χ3n) is 0.800. The second kappa shape index (κ2) is 9.42. The third kappa shape index (κ3) is 11.2. The molecule has 1 N–H and O–H groups in total. The minimum atomic E-state index is -0.394. The lowest BCUT2D eigenvalue weighted by Crippen LogP contribution is -2.13. The highest BCUT2D eigenvalue weighted by Gasteiger charge is 1.81. The van der Waals surface area contributed by atoms with Crippen LogP contribution in [-0.4, -0.2) is 26.0 Å². The van der Waals surface area contributed by atoms with Crippen LogP contribution in [-0.2, 0) is 14.3 Å². The van der Waals surface area contributed by atoms with Gasteiger partial charge >= 0.3 is 5.97 Å². The van der Waals surface area contributed by atoms with E-state index in [2.05, 4.69) is 23.2 Å². The topological polar surface area (TPSA) is 55.4 Å². The molecule has 0 atom stereocenters. The van der Waals surface area contributed by atoms with Gasteiger partial charge in [-0.25, -0.2) is 4.79 Å².